The summed E-state index contributed by atoms with van der Waals surface area (Å²) in [7, 11) is 0. The van der Waals surface area contributed by atoms with Gasteiger partial charge in [0.2, 0.25) is 0 Å². The van der Waals surface area contributed by atoms with Crippen LogP contribution in [0, 0.1) is 6.92 Å². The quantitative estimate of drug-likeness (QED) is 0.792. The number of carbonyl (C=O) groups is 1. The van der Waals surface area contributed by atoms with Gasteiger partial charge in [-0.05, 0) is 30.2 Å². The highest BCUT2D eigenvalue weighted by Gasteiger charge is 2.07. The first kappa shape index (κ1) is 15.0. The smallest absolute Gasteiger partial charge is 0.253 e. The molecule has 0 bridgehead atoms. The van der Waals surface area contributed by atoms with Gasteiger partial charge in [-0.1, -0.05) is 54.6 Å². The molecule has 3 rings (SSSR count). The molecule has 0 aliphatic rings. The molecule has 0 fully saturated rings. The van der Waals surface area contributed by atoms with E-state index in [4.69, 9.17) is 0 Å². The molecular weight excluding hydrogens is 284 g/mol. The normalized spacial score (nSPS) is 10.3. The molecule has 0 spiro atoms. The number of pyridine rings is 1. The van der Waals surface area contributed by atoms with Gasteiger partial charge in [0.05, 0.1) is 11.3 Å². The predicted octanol–water partition coefficient (Wildman–Crippen LogP) is 3.99. The van der Waals surface area contributed by atoms with Crippen LogP contribution in [0.4, 0.5) is 0 Å². The summed E-state index contributed by atoms with van der Waals surface area (Å²) >= 11 is 0. The van der Waals surface area contributed by atoms with Gasteiger partial charge in [-0.25, -0.2) is 0 Å². The second kappa shape index (κ2) is 6.88. The maximum absolute atomic E-state index is 12.2. The molecule has 0 radical (unpaired) electrons. The summed E-state index contributed by atoms with van der Waals surface area (Å²) in [5, 5.41) is 2.94. The number of rotatable bonds is 4. The van der Waals surface area contributed by atoms with Crippen molar-refractivity contribution in [1.29, 1.82) is 0 Å². The fraction of sp³-hybridized carbons (Fsp3) is 0.100. The molecule has 1 aromatic heterocycles. The van der Waals surface area contributed by atoms with Crippen molar-refractivity contribution in [3.63, 3.8) is 0 Å². The van der Waals surface area contributed by atoms with E-state index in [2.05, 4.69) is 10.3 Å². The number of amides is 1. The van der Waals surface area contributed by atoms with Crippen LogP contribution in [0.2, 0.25) is 0 Å². The predicted molar refractivity (Wildman–Crippen MR) is 92.0 cm³/mol. The van der Waals surface area contributed by atoms with Crippen LogP contribution in [-0.2, 0) is 6.54 Å². The Morgan fingerprint density at radius 1 is 0.957 bits per heavy atom. The van der Waals surface area contributed by atoms with Gasteiger partial charge >= 0.3 is 0 Å². The Bertz CT molecular complexity index is 795. The van der Waals surface area contributed by atoms with Gasteiger partial charge in [-0.3, -0.25) is 9.78 Å². The fourth-order valence-corrected chi connectivity index (χ4v) is 2.39. The number of nitrogens with zero attached hydrogens (tertiary/aromatic N) is 1. The monoisotopic (exact) mass is 302 g/mol. The third-order valence-electron chi connectivity index (χ3n) is 3.80. The van der Waals surface area contributed by atoms with Gasteiger partial charge in [-0.15, -0.1) is 0 Å². The molecule has 0 aliphatic heterocycles. The lowest BCUT2D eigenvalue weighted by atomic mass is 10.1. The SMILES string of the molecule is Cc1ccccc1CNC(=O)c1ccc(-c2ccccc2)nc1. The molecule has 0 saturated carbocycles. The zero-order chi connectivity index (χ0) is 16.1. The maximum atomic E-state index is 12.2. The third-order valence-corrected chi connectivity index (χ3v) is 3.80. The van der Waals surface area contributed by atoms with Crippen LogP contribution in [-0.4, -0.2) is 10.9 Å². The lowest BCUT2D eigenvalue weighted by Gasteiger charge is -2.08. The Balaban J connectivity index is 1.67. The average Bonchev–Trinajstić information content (AvgIpc) is 2.62. The molecule has 0 saturated heterocycles. The number of aromatic nitrogens is 1. The molecule has 2 aromatic carbocycles. The van der Waals surface area contributed by atoms with Gasteiger partial charge in [0.1, 0.15) is 0 Å². The summed E-state index contributed by atoms with van der Waals surface area (Å²) < 4.78 is 0. The molecule has 1 heterocycles. The molecule has 23 heavy (non-hydrogen) atoms. The summed E-state index contributed by atoms with van der Waals surface area (Å²) in [6.45, 7) is 2.56. The highest BCUT2D eigenvalue weighted by atomic mass is 16.1. The van der Waals surface area contributed by atoms with E-state index in [0.717, 1.165) is 16.8 Å². The lowest BCUT2D eigenvalue weighted by molar-refractivity contribution is 0.0950. The van der Waals surface area contributed by atoms with Crippen molar-refractivity contribution < 1.29 is 4.79 Å². The number of benzene rings is 2. The van der Waals surface area contributed by atoms with Crippen molar-refractivity contribution in [2.24, 2.45) is 0 Å². The molecule has 114 valence electrons. The van der Waals surface area contributed by atoms with E-state index in [9.17, 15) is 4.79 Å². The van der Waals surface area contributed by atoms with E-state index in [0.29, 0.717) is 12.1 Å². The minimum absolute atomic E-state index is 0.111. The summed E-state index contributed by atoms with van der Waals surface area (Å²) in [6.07, 6.45) is 1.62. The van der Waals surface area contributed by atoms with Crippen molar-refractivity contribution in [1.82, 2.24) is 10.3 Å². The van der Waals surface area contributed by atoms with Crippen molar-refractivity contribution in [3.05, 3.63) is 89.6 Å². The zero-order valence-electron chi connectivity index (χ0n) is 13.0. The van der Waals surface area contributed by atoms with Crippen LogP contribution in [0.15, 0.2) is 72.9 Å². The minimum atomic E-state index is -0.111. The van der Waals surface area contributed by atoms with E-state index in [-0.39, 0.29) is 5.91 Å². The van der Waals surface area contributed by atoms with Gasteiger partial charge in [0.15, 0.2) is 0 Å². The van der Waals surface area contributed by atoms with Crippen LogP contribution >= 0.6 is 0 Å². The summed E-state index contributed by atoms with van der Waals surface area (Å²) in [5.74, 6) is -0.111. The Kier molecular flexibility index (Phi) is 4.48. The second-order valence-corrected chi connectivity index (χ2v) is 5.41. The van der Waals surface area contributed by atoms with Crippen LogP contribution in [0.3, 0.4) is 0 Å². The topological polar surface area (TPSA) is 42.0 Å². The van der Waals surface area contributed by atoms with Crippen molar-refractivity contribution in [3.8, 4) is 11.3 Å². The highest BCUT2D eigenvalue weighted by Crippen LogP contribution is 2.16. The Hall–Kier alpha value is -2.94. The number of hydrogen-bond donors (Lipinski definition) is 1. The zero-order valence-corrected chi connectivity index (χ0v) is 13.0. The van der Waals surface area contributed by atoms with Gasteiger partial charge in [-0.2, -0.15) is 0 Å². The van der Waals surface area contributed by atoms with Crippen molar-refractivity contribution in [2.75, 3.05) is 0 Å². The second-order valence-electron chi connectivity index (χ2n) is 5.41. The summed E-state index contributed by atoms with van der Waals surface area (Å²) in [6, 6.07) is 21.6. The van der Waals surface area contributed by atoms with Crippen LogP contribution < -0.4 is 5.32 Å². The number of hydrogen-bond acceptors (Lipinski definition) is 2. The van der Waals surface area contributed by atoms with E-state index >= 15 is 0 Å². The minimum Gasteiger partial charge on any atom is -0.348 e. The molecule has 0 unspecified atom stereocenters. The third kappa shape index (κ3) is 3.64. The lowest BCUT2D eigenvalue weighted by Crippen LogP contribution is -2.23. The first-order valence-corrected chi connectivity index (χ1v) is 7.58. The van der Waals surface area contributed by atoms with Gasteiger partial charge in [0, 0.05) is 18.3 Å². The molecule has 3 heteroatoms. The number of nitrogens with one attached hydrogen (secondary N) is 1. The van der Waals surface area contributed by atoms with Gasteiger partial charge < -0.3 is 5.32 Å². The molecule has 1 N–H and O–H groups in total. The Morgan fingerprint density at radius 3 is 2.39 bits per heavy atom. The Labute approximate surface area is 136 Å². The highest BCUT2D eigenvalue weighted by molar-refractivity contribution is 5.94. The average molecular weight is 302 g/mol. The molecule has 0 atom stereocenters. The molecule has 1 amide bonds. The molecule has 3 nitrogen and oxygen atoms in total. The van der Waals surface area contributed by atoms with E-state index in [1.165, 1.54) is 5.56 Å². The number of carbonyl (C=O) groups excluding carboxylic acids is 1. The van der Waals surface area contributed by atoms with Crippen molar-refractivity contribution in [2.45, 2.75) is 13.5 Å². The van der Waals surface area contributed by atoms with Crippen molar-refractivity contribution >= 4 is 5.91 Å². The molecule has 3 aromatic rings. The van der Waals surface area contributed by atoms with E-state index in [1.54, 1.807) is 6.20 Å². The van der Waals surface area contributed by atoms with Gasteiger partial charge in [0.25, 0.3) is 5.91 Å². The largest absolute Gasteiger partial charge is 0.348 e. The molecule has 0 aliphatic carbocycles. The molecular formula is C20H18N2O. The van der Waals surface area contributed by atoms with Crippen LogP contribution in [0.5, 0.6) is 0 Å². The summed E-state index contributed by atoms with van der Waals surface area (Å²) in [4.78, 5) is 16.6. The van der Waals surface area contributed by atoms with E-state index in [1.807, 2.05) is 73.7 Å². The summed E-state index contributed by atoms with van der Waals surface area (Å²) in [5.41, 5.74) is 4.76. The first-order valence-electron chi connectivity index (χ1n) is 7.58. The Morgan fingerprint density at radius 2 is 1.70 bits per heavy atom. The maximum Gasteiger partial charge on any atom is 0.253 e. The van der Waals surface area contributed by atoms with Crippen LogP contribution in [0.25, 0.3) is 11.3 Å². The first-order chi connectivity index (χ1) is 11.2. The number of aryl methyl sites for hydroxylation is 1. The van der Waals surface area contributed by atoms with E-state index < -0.39 is 0 Å². The standard InChI is InChI=1S/C20H18N2O/c1-15-7-5-6-10-17(15)13-22-20(23)18-11-12-19(21-14-18)16-8-3-2-4-9-16/h2-12,14H,13H2,1H3,(H,22,23). The fourth-order valence-electron chi connectivity index (χ4n) is 2.39. The van der Waals surface area contributed by atoms with Crippen LogP contribution in [0.1, 0.15) is 21.5 Å².